The van der Waals surface area contributed by atoms with Crippen LogP contribution in [0.3, 0.4) is 0 Å². The maximum Gasteiger partial charge on any atom is 0.264 e. The normalized spacial score (nSPS) is 19.9. The Bertz CT molecular complexity index is 1690. The number of hydrogen-bond donors (Lipinski definition) is 1. The number of benzene rings is 2. The standard InChI is InChI=1S/C34H39FN6O3/c35-26-6-4-25(5-7-26)31(42)39-20-16-34(44,17-21-39)23-40-24-36-30-29(32(40)43)22-37-41(30)28-10-8-27(9-11-28)38-18-14-33(15-19-38)12-2-1-3-13-33/h4-11,22,24,44H,1-3,12-21,23H2. The highest BCUT2D eigenvalue weighted by molar-refractivity contribution is 5.94. The van der Waals surface area contributed by atoms with Gasteiger partial charge in [0.2, 0.25) is 0 Å². The molecule has 9 nitrogen and oxygen atoms in total. The summed E-state index contributed by atoms with van der Waals surface area (Å²) in [6.45, 7) is 2.94. The van der Waals surface area contributed by atoms with E-state index in [0.717, 1.165) is 18.8 Å². The second-order valence-electron chi connectivity index (χ2n) is 13.1. The van der Waals surface area contributed by atoms with Gasteiger partial charge in [-0.15, -0.1) is 0 Å². The van der Waals surface area contributed by atoms with Crippen LogP contribution in [0.15, 0.2) is 65.8 Å². The Hall–Kier alpha value is -4.05. The Kier molecular flexibility index (Phi) is 7.48. The van der Waals surface area contributed by atoms with Crippen molar-refractivity contribution in [2.75, 3.05) is 31.1 Å². The summed E-state index contributed by atoms with van der Waals surface area (Å²) >= 11 is 0. The molecular formula is C34H39FN6O3. The van der Waals surface area contributed by atoms with Gasteiger partial charge in [0.25, 0.3) is 11.5 Å². The molecule has 2 aliphatic heterocycles. The van der Waals surface area contributed by atoms with Crippen LogP contribution < -0.4 is 10.5 Å². The number of piperidine rings is 2. The van der Waals surface area contributed by atoms with Crippen molar-refractivity contribution in [3.05, 3.63) is 82.8 Å². The van der Waals surface area contributed by atoms with Crippen LogP contribution >= 0.6 is 0 Å². The molecule has 3 aliphatic rings. The molecule has 2 saturated heterocycles. The SMILES string of the molecule is O=C(c1ccc(F)cc1)N1CCC(O)(Cn2cnc3c(cnn3-c3ccc(N4CCC5(CCCCC5)CC4)cc3)c2=O)CC1. The third-order valence-corrected chi connectivity index (χ3v) is 10.3. The molecular weight excluding hydrogens is 559 g/mol. The minimum atomic E-state index is -1.16. The zero-order valence-corrected chi connectivity index (χ0v) is 25.0. The van der Waals surface area contributed by atoms with E-state index in [1.165, 1.54) is 92.0 Å². The topological polar surface area (TPSA) is 96.5 Å². The molecule has 4 aromatic rings. The number of halogens is 1. The predicted molar refractivity (Wildman–Crippen MR) is 167 cm³/mol. The fourth-order valence-electron chi connectivity index (χ4n) is 7.47. The smallest absolute Gasteiger partial charge is 0.264 e. The lowest BCUT2D eigenvalue weighted by molar-refractivity contribution is -0.0299. The van der Waals surface area contributed by atoms with Crippen LogP contribution in [-0.2, 0) is 6.54 Å². The highest BCUT2D eigenvalue weighted by Crippen LogP contribution is 2.45. The Morgan fingerprint density at radius 2 is 1.50 bits per heavy atom. The van der Waals surface area contributed by atoms with Gasteiger partial charge >= 0.3 is 0 Å². The summed E-state index contributed by atoms with van der Waals surface area (Å²) in [4.78, 5) is 34.9. The summed E-state index contributed by atoms with van der Waals surface area (Å²) in [5.74, 6) is -0.592. The lowest BCUT2D eigenvalue weighted by Gasteiger charge is -2.45. The third kappa shape index (κ3) is 5.51. The molecule has 1 saturated carbocycles. The summed E-state index contributed by atoms with van der Waals surface area (Å²) in [5.41, 5.74) is 2.09. The van der Waals surface area contributed by atoms with Crippen LogP contribution in [0.2, 0.25) is 0 Å². The van der Waals surface area contributed by atoms with Crippen molar-refractivity contribution in [3.8, 4) is 5.69 Å². The number of amides is 1. The van der Waals surface area contributed by atoms with Crippen molar-refractivity contribution in [3.63, 3.8) is 0 Å². The second kappa shape index (κ2) is 11.5. The molecule has 10 heteroatoms. The van der Waals surface area contributed by atoms with E-state index in [1.807, 2.05) is 12.1 Å². The summed E-state index contributed by atoms with van der Waals surface area (Å²) in [5, 5.41) is 16.2. The van der Waals surface area contributed by atoms with Crippen LogP contribution in [-0.4, -0.2) is 67.0 Å². The first-order valence-corrected chi connectivity index (χ1v) is 15.9. The monoisotopic (exact) mass is 598 g/mol. The van der Waals surface area contributed by atoms with Gasteiger partial charge in [0.1, 0.15) is 17.5 Å². The Morgan fingerprint density at radius 1 is 0.841 bits per heavy atom. The molecule has 2 aromatic heterocycles. The number of nitrogens with zero attached hydrogens (tertiary/aromatic N) is 6. The molecule has 1 amide bonds. The number of rotatable bonds is 5. The van der Waals surface area contributed by atoms with Crippen molar-refractivity contribution >= 4 is 22.6 Å². The van der Waals surface area contributed by atoms with Gasteiger partial charge in [-0.2, -0.15) is 5.10 Å². The molecule has 0 radical (unpaired) electrons. The van der Waals surface area contributed by atoms with Crippen LogP contribution in [0, 0.1) is 11.2 Å². The highest BCUT2D eigenvalue weighted by atomic mass is 19.1. The number of carbonyl (C=O) groups is 1. The zero-order chi connectivity index (χ0) is 30.3. The van der Waals surface area contributed by atoms with E-state index in [9.17, 15) is 19.1 Å². The molecule has 3 fully saturated rings. The van der Waals surface area contributed by atoms with E-state index in [4.69, 9.17) is 0 Å². The first-order chi connectivity index (χ1) is 21.3. The Labute approximate surface area is 255 Å². The molecule has 0 unspecified atom stereocenters. The maximum absolute atomic E-state index is 13.4. The number of carbonyl (C=O) groups excluding carboxylic acids is 1. The molecule has 7 rings (SSSR count). The largest absolute Gasteiger partial charge is 0.388 e. The molecule has 0 atom stereocenters. The molecule has 4 heterocycles. The average Bonchev–Trinajstić information content (AvgIpc) is 3.49. The van der Waals surface area contributed by atoms with Crippen molar-refractivity contribution in [1.29, 1.82) is 0 Å². The van der Waals surface area contributed by atoms with Crippen LogP contribution in [0.1, 0.15) is 68.1 Å². The Morgan fingerprint density at radius 3 is 2.18 bits per heavy atom. The van der Waals surface area contributed by atoms with Gasteiger partial charge in [-0.25, -0.2) is 14.1 Å². The first kappa shape index (κ1) is 28.7. The van der Waals surface area contributed by atoms with Gasteiger partial charge in [-0.05, 0) is 92.5 Å². The minimum absolute atomic E-state index is 0.0738. The van der Waals surface area contributed by atoms with Gasteiger partial charge < -0.3 is 14.9 Å². The number of aromatic nitrogens is 4. The number of hydrogen-bond acceptors (Lipinski definition) is 6. The first-order valence-electron chi connectivity index (χ1n) is 15.9. The fraction of sp³-hybridized carbons (Fsp3) is 0.471. The molecule has 44 heavy (non-hydrogen) atoms. The Balaban J connectivity index is 1.01. The van der Waals surface area contributed by atoms with E-state index in [-0.39, 0.29) is 18.0 Å². The third-order valence-electron chi connectivity index (χ3n) is 10.3. The van der Waals surface area contributed by atoms with E-state index in [2.05, 4.69) is 27.1 Å². The van der Waals surface area contributed by atoms with Gasteiger partial charge in [0, 0.05) is 37.4 Å². The molecule has 1 spiro atoms. The number of anilines is 1. The van der Waals surface area contributed by atoms with Crippen molar-refractivity contribution in [2.45, 2.75) is 69.9 Å². The molecule has 230 valence electrons. The highest BCUT2D eigenvalue weighted by Gasteiger charge is 2.36. The van der Waals surface area contributed by atoms with Gasteiger partial charge in [0.15, 0.2) is 5.65 Å². The van der Waals surface area contributed by atoms with Crippen molar-refractivity contribution in [1.82, 2.24) is 24.2 Å². The van der Waals surface area contributed by atoms with E-state index in [1.54, 1.807) is 9.58 Å². The molecule has 2 aromatic carbocycles. The lowest BCUT2D eigenvalue weighted by Crippen LogP contribution is -2.49. The lowest BCUT2D eigenvalue weighted by atomic mass is 9.68. The average molecular weight is 599 g/mol. The van der Waals surface area contributed by atoms with Gasteiger partial charge in [0.05, 0.1) is 24.0 Å². The molecule has 1 N–H and O–H groups in total. The predicted octanol–water partition coefficient (Wildman–Crippen LogP) is 4.94. The fourth-order valence-corrected chi connectivity index (χ4v) is 7.47. The molecule has 0 bridgehead atoms. The van der Waals surface area contributed by atoms with Crippen LogP contribution in [0.5, 0.6) is 0 Å². The van der Waals surface area contributed by atoms with Crippen LogP contribution in [0.4, 0.5) is 10.1 Å². The minimum Gasteiger partial charge on any atom is -0.388 e. The molecule has 1 aliphatic carbocycles. The van der Waals surface area contributed by atoms with Gasteiger partial charge in [-0.3, -0.25) is 14.2 Å². The van der Waals surface area contributed by atoms with Crippen molar-refractivity contribution < 1.29 is 14.3 Å². The van der Waals surface area contributed by atoms with Crippen molar-refractivity contribution in [2.24, 2.45) is 5.41 Å². The summed E-state index contributed by atoms with van der Waals surface area (Å²) in [6.07, 6.45) is 13.1. The number of likely N-dealkylation sites (tertiary alicyclic amines) is 1. The maximum atomic E-state index is 13.4. The second-order valence-corrected chi connectivity index (χ2v) is 13.1. The van der Waals surface area contributed by atoms with E-state index < -0.39 is 11.4 Å². The van der Waals surface area contributed by atoms with Gasteiger partial charge in [-0.1, -0.05) is 19.3 Å². The summed E-state index contributed by atoms with van der Waals surface area (Å²) in [7, 11) is 0. The zero-order valence-electron chi connectivity index (χ0n) is 25.0. The summed E-state index contributed by atoms with van der Waals surface area (Å²) in [6, 6.07) is 13.8. The van der Waals surface area contributed by atoms with Crippen LogP contribution in [0.25, 0.3) is 16.7 Å². The summed E-state index contributed by atoms with van der Waals surface area (Å²) < 4.78 is 16.4. The van der Waals surface area contributed by atoms with E-state index >= 15 is 0 Å². The van der Waals surface area contributed by atoms with E-state index in [0.29, 0.717) is 47.9 Å². The number of fused-ring (bicyclic) bond motifs is 1. The quantitative estimate of drug-likeness (QED) is 0.350. The number of aliphatic hydroxyl groups is 1.